The smallest absolute Gasteiger partial charge is 0.289 e. The monoisotopic (exact) mass is 176 g/mol. The Bertz CT molecular complexity index is 456. The second-order valence-corrected chi connectivity index (χ2v) is 2.64. The van der Waals surface area contributed by atoms with Crippen LogP contribution in [-0.4, -0.2) is 19.7 Å². The minimum atomic E-state index is -0.216. The maximum Gasteiger partial charge on any atom is 0.343 e. The molecule has 0 unspecified atom stereocenters. The fourth-order valence-corrected chi connectivity index (χ4v) is 1.04. The Kier molecular flexibility index (Phi) is 1.70. The van der Waals surface area contributed by atoms with E-state index in [1.165, 1.54) is 4.68 Å². The van der Waals surface area contributed by atoms with E-state index >= 15 is 0 Å². The van der Waals surface area contributed by atoms with E-state index < -0.39 is 0 Å². The van der Waals surface area contributed by atoms with Crippen LogP contribution in [0.1, 0.15) is 0 Å². The van der Waals surface area contributed by atoms with Crippen molar-refractivity contribution in [2.75, 3.05) is 0 Å². The highest BCUT2D eigenvalue weighted by Gasteiger charge is 2.02. The lowest BCUT2D eigenvalue weighted by molar-refractivity contribution is 0.736. The van der Waals surface area contributed by atoms with Crippen molar-refractivity contribution >= 4 is 0 Å². The molecule has 0 aliphatic heterocycles. The molecule has 2 aromatic heterocycles. The third-order valence-corrected chi connectivity index (χ3v) is 1.72. The van der Waals surface area contributed by atoms with Gasteiger partial charge in [-0.25, -0.2) is 9.48 Å². The van der Waals surface area contributed by atoms with Gasteiger partial charge in [0.25, 0.3) is 0 Å². The fraction of sp³-hybridized carbons (Fsp3) is 0.125. The van der Waals surface area contributed by atoms with Gasteiger partial charge in [-0.2, -0.15) is 5.10 Å². The van der Waals surface area contributed by atoms with E-state index in [1.807, 2.05) is 0 Å². The van der Waals surface area contributed by atoms with Crippen molar-refractivity contribution in [3.63, 3.8) is 0 Å². The van der Waals surface area contributed by atoms with Crippen LogP contribution in [-0.2, 0) is 7.05 Å². The summed E-state index contributed by atoms with van der Waals surface area (Å²) in [7, 11) is 1.60. The molecule has 0 fully saturated rings. The molecule has 0 aliphatic carbocycles. The molecule has 0 atom stereocenters. The molecule has 66 valence electrons. The summed E-state index contributed by atoms with van der Waals surface area (Å²) in [4.78, 5) is 17.5. The molecule has 0 aromatic carbocycles. The zero-order valence-electron chi connectivity index (χ0n) is 7.06. The van der Waals surface area contributed by atoms with Gasteiger partial charge >= 0.3 is 5.69 Å². The van der Waals surface area contributed by atoms with E-state index in [0.29, 0.717) is 5.82 Å². The number of aryl methyl sites for hydroxylation is 1. The molecule has 0 spiro atoms. The van der Waals surface area contributed by atoms with Crippen LogP contribution < -0.4 is 5.69 Å². The van der Waals surface area contributed by atoms with Crippen LogP contribution in [0.25, 0.3) is 11.4 Å². The van der Waals surface area contributed by atoms with E-state index in [-0.39, 0.29) is 5.69 Å². The summed E-state index contributed by atoms with van der Waals surface area (Å²) in [6.45, 7) is 0. The highest BCUT2D eigenvalue weighted by Crippen LogP contribution is 2.09. The standard InChI is InChI=1S/C8H8N4O/c1-12-8(13)10-7(11-12)6-2-4-9-5-3-6/h2-5H,1H3,(H,10,11,13). The number of aromatic amines is 1. The Hall–Kier alpha value is -1.91. The Labute approximate surface area is 74.1 Å². The van der Waals surface area contributed by atoms with Crippen LogP contribution in [0, 0.1) is 0 Å². The lowest BCUT2D eigenvalue weighted by atomic mass is 10.3. The van der Waals surface area contributed by atoms with Gasteiger partial charge in [0, 0.05) is 25.0 Å². The minimum Gasteiger partial charge on any atom is -0.289 e. The zero-order valence-corrected chi connectivity index (χ0v) is 7.06. The first kappa shape index (κ1) is 7.72. The van der Waals surface area contributed by atoms with Crippen LogP contribution in [0.3, 0.4) is 0 Å². The average Bonchev–Trinajstić information content (AvgIpc) is 2.49. The summed E-state index contributed by atoms with van der Waals surface area (Å²) < 4.78 is 1.26. The van der Waals surface area contributed by atoms with Gasteiger partial charge in [-0.05, 0) is 12.1 Å². The van der Waals surface area contributed by atoms with Crippen LogP contribution in [0.15, 0.2) is 29.3 Å². The van der Waals surface area contributed by atoms with Crippen LogP contribution >= 0.6 is 0 Å². The lowest BCUT2D eigenvalue weighted by Crippen LogP contribution is -2.13. The van der Waals surface area contributed by atoms with Gasteiger partial charge in [-0.1, -0.05) is 0 Å². The predicted octanol–water partition coefficient (Wildman–Crippen LogP) is 0.170. The molecular weight excluding hydrogens is 168 g/mol. The summed E-state index contributed by atoms with van der Waals surface area (Å²) >= 11 is 0. The normalized spacial score (nSPS) is 10.2. The lowest BCUT2D eigenvalue weighted by Gasteiger charge is -1.91. The Balaban J connectivity index is 2.54. The van der Waals surface area contributed by atoms with Crippen molar-refractivity contribution in [1.82, 2.24) is 19.7 Å². The molecule has 0 amide bonds. The molecule has 0 radical (unpaired) electrons. The molecule has 5 nitrogen and oxygen atoms in total. The molecule has 1 N–H and O–H groups in total. The van der Waals surface area contributed by atoms with Gasteiger partial charge in [0.2, 0.25) is 0 Å². The van der Waals surface area contributed by atoms with Gasteiger partial charge in [0.1, 0.15) is 0 Å². The van der Waals surface area contributed by atoms with Crippen molar-refractivity contribution < 1.29 is 0 Å². The maximum atomic E-state index is 11.0. The number of nitrogens with zero attached hydrogens (tertiary/aromatic N) is 3. The summed E-state index contributed by atoms with van der Waals surface area (Å²) in [6, 6.07) is 3.58. The van der Waals surface area contributed by atoms with Gasteiger partial charge in [-0.15, -0.1) is 0 Å². The first-order valence-electron chi connectivity index (χ1n) is 3.81. The van der Waals surface area contributed by atoms with E-state index in [4.69, 9.17) is 0 Å². The highest BCUT2D eigenvalue weighted by molar-refractivity contribution is 5.52. The van der Waals surface area contributed by atoms with E-state index in [2.05, 4.69) is 15.1 Å². The topological polar surface area (TPSA) is 63.6 Å². The second kappa shape index (κ2) is 2.85. The predicted molar refractivity (Wildman–Crippen MR) is 47.1 cm³/mol. The number of aromatic nitrogens is 4. The Morgan fingerprint density at radius 1 is 1.38 bits per heavy atom. The zero-order chi connectivity index (χ0) is 9.26. The fourth-order valence-electron chi connectivity index (χ4n) is 1.04. The number of pyridine rings is 1. The quantitative estimate of drug-likeness (QED) is 0.673. The molecule has 0 saturated carbocycles. The van der Waals surface area contributed by atoms with Gasteiger partial charge in [0.15, 0.2) is 5.82 Å². The molecule has 2 heterocycles. The van der Waals surface area contributed by atoms with Crippen molar-refractivity contribution in [1.29, 1.82) is 0 Å². The third-order valence-electron chi connectivity index (χ3n) is 1.72. The molecule has 5 heteroatoms. The molecule has 2 aromatic rings. The van der Waals surface area contributed by atoms with Crippen molar-refractivity contribution in [3.05, 3.63) is 35.0 Å². The first-order chi connectivity index (χ1) is 6.27. The Morgan fingerprint density at radius 3 is 2.62 bits per heavy atom. The average molecular weight is 176 g/mol. The van der Waals surface area contributed by atoms with Crippen molar-refractivity contribution in [2.45, 2.75) is 0 Å². The van der Waals surface area contributed by atoms with Gasteiger partial charge in [0.05, 0.1) is 0 Å². The molecule has 2 rings (SSSR count). The second-order valence-electron chi connectivity index (χ2n) is 2.64. The van der Waals surface area contributed by atoms with Crippen LogP contribution in [0.2, 0.25) is 0 Å². The van der Waals surface area contributed by atoms with E-state index in [0.717, 1.165) is 5.56 Å². The minimum absolute atomic E-state index is 0.216. The van der Waals surface area contributed by atoms with Crippen LogP contribution in [0.4, 0.5) is 0 Å². The molecule has 0 bridgehead atoms. The van der Waals surface area contributed by atoms with Crippen molar-refractivity contribution in [3.8, 4) is 11.4 Å². The summed E-state index contributed by atoms with van der Waals surface area (Å²) in [5, 5.41) is 4.00. The number of nitrogens with one attached hydrogen (secondary N) is 1. The van der Waals surface area contributed by atoms with E-state index in [9.17, 15) is 4.79 Å². The number of hydrogen-bond donors (Lipinski definition) is 1. The van der Waals surface area contributed by atoms with Crippen LogP contribution in [0.5, 0.6) is 0 Å². The molecule has 0 aliphatic rings. The molecule has 13 heavy (non-hydrogen) atoms. The summed E-state index contributed by atoms with van der Waals surface area (Å²) in [5.41, 5.74) is 0.638. The first-order valence-corrected chi connectivity index (χ1v) is 3.81. The van der Waals surface area contributed by atoms with Crippen molar-refractivity contribution in [2.24, 2.45) is 7.05 Å². The number of rotatable bonds is 1. The largest absolute Gasteiger partial charge is 0.343 e. The highest BCUT2D eigenvalue weighted by atomic mass is 16.1. The van der Waals surface area contributed by atoms with E-state index in [1.54, 1.807) is 31.6 Å². The van der Waals surface area contributed by atoms with Gasteiger partial charge in [-0.3, -0.25) is 9.97 Å². The summed E-state index contributed by atoms with van der Waals surface area (Å²) in [5.74, 6) is 0.565. The summed E-state index contributed by atoms with van der Waals surface area (Å²) in [6.07, 6.45) is 3.31. The SMILES string of the molecule is Cn1nc(-c2ccncc2)[nH]c1=O. The Morgan fingerprint density at radius 2 is 2.08 bits per heavy atom. The number of H-pyrrole nitrogens is 1. The molecular formula is C8H8N4O. The molecule has 0 saturated heterocycles. The van der Waals surface area contributed by atoms with Gasteiger partial charge < -0.3 is 0 Å². The third kappa shape index (κ3) is 1.35. The number of hydrogen-bond acceptors (Lipinski definition) is 3. The maximum absolute atomic E-state index is 11.0.